The molecule has 7 aromatic carbocycles. The molecule has 1 heteroatoms. The highest BCUT2D eigenvalue weighted by molar-refractivity contribution is 6.10. The first kappa shape index (κ1) is 23.2. The number of rotatable bonds is 2. The number of hydrogen-bond acceptors (Lipinski definition) is 1. The van der Waals surface area contributed by atoms with Crippen LogP contribution in [0, 0.1) is 0 Å². The Balaban J connectivity index is 1.21. The minimum atomic E-state index is 0.285. The van der Waals surface area contributed by atoms with Crippen LogP contribution in [-0.2, 0) is 0 Å². The predicted octanol–water partition coefficient (Wildman–Crippen LogP) is 9.31. The molecule has 1 aliphatic heterocycles. The van der Waals surface area contributed by atoms with Crippen molar-refractivity contribution in [2.45, 2.75) is 11.8 Å². The second-order valence-electron chi connectivity index (χ2n) is 12.0. The summed E-state index contributed by atoms with van der Waals surface area (Å²) in [6.07, 6.45) is 2.51. The monoisotopic (exact) mass is 546 g/mol. The number of hydrogen-bond donors (Lipinski definition) is 0. The van der Waals surface area contributed by atoms with Gasteiger partial charge in [-0.25, -0.2) is 0 Å². The van der Waals surface area contributed by atoms with Gasteiger partial charge in [-0.2, -0.15) is 0 Å². The highest BCUT2D eigenvalue weighted by Gasteiger charge is 2.37. The van der Waals surface area contributed by atoms with Crippen molar-refractivity contribution < 1.29 is 4.74 Å². The zero-order valence-electron chi connectivity index (χ0n) is 23.4. The summed E-state index contributed by atoms with van der Waals surface area (Å²) in [6, 6.07) is 51.2. The normalized spacial score (nSPS) is 17.2. The molecule has 1 heterocycles. The van der Waals surface area contributed by atoms with Crippen LogP contribution in [0.4, 0.5) is 0 Å². The zero-order valence-corrected chi connectivity index (χ0v) is 23.4. The maximum atomic E-state index is 6.40. The van der Waals surface area contributed by atoms with Gasteiger partial charge in [0.2, 0.25) is 0 Å². The fourth-order valence-corrected chi connectivity index (χ4v) is 8.10. The van der Waals surface area contributed by atoms with Crippen molar-refractivity contribution in [3.63, 3.8) is 0 Å². The average molecular weight is 547 g/mol. The molecule has 3 aliphatic rings. The molecule has 0 radical (unpaired) electrons. The summed E-state index contributed by atoms with van der Waals surface area (Å²) in [5.74, 6) is 2.46. The van der Waals surface area contributed by atoms with Gasteiger partial charge in [-0.05, 0) is 83.7 Å². The SMILES string of the molecule is C1=c2ccccc2=C(c2cccc(-c3ccc4c5c(cccc35)-c3ccccc3O4)c2)C2c3cccc4cccc(c34)C12. The Morgan fingerprint density at radius 3 is 2.21 bits per heavy atom. The molecule has 0 N–H and O–H groups in total. The van der Waals surface area contributed by atoms with Crippen LogP contribution in [0.2, 0.25) is 0 Å². The van der Waals surface area contributed by atoms with Crippen LogP contribution in [0.15, 0.2) is 140 Å². The van der Waals surface area contributed by atoms with E-state index in [2.05, 4.69) is 140 Å². The molecule has 0 bridgehead atoms. The van der Waals surface area contributed by atoms with E-state index in [1.807, 2.05) is 6.07 Å². The molecule has 43 heavy (non-hydrogen) atoms. The number of fused-ring (bicyclic) bond motifs is 6. The maximum absolute atomic E-state index is 6.40. The molecule has 10 rings (SSSR count). The van der Waals surface area contributed by atoms with Gasteiger partial charge in [-0.15, -0.1) is 0 Å². The lowest BCUT2D eigenvalue weighted by molar-refractivity contribution is 0.487. The van der Waals surface area contributed by atoms with Crippen LogP contribution in [0.1, 0.15) is 28.5 Å². The van der Waals surface area contributed by atoms with Crippen molar-refractivity contribution >= 4 is 33.2 Å². The van der Waals surface area contributed by atoms with Crippen molar-refractivity contribution in [1.82, 2.24) is 0 Å². The summed E-state index contributed by atoms with van der Waals surface area (Å²) >= 11 is 0. The van der Waals surface area contributed by atoms with Crippen LogP contribution in [-0.4, -0.2) is 0 Å². The van der Waals surface area contributed by atoms with Crippen molar-refractivity contribution in [3.05, 3.63) is 167 Å². The zero-order chi connectivity index (χ0) is 28.1. The smallest absolute Gasteiger partial charge is 0.135 e. The van der Waals surface area contributed by atoms with Gasteiger partial charge in [-0.3, -0.25) is 0 Å². The van der Waals surface area contributed by atoms with Crippen LogP contribution in [0.3, 0.4) is 0 Å². The summed E-state index contributed by atoms with van der Waals surface area (Å²) in [7, 11) is 0. The Morgan fingerprint density at radius 2 is 1.26 bits per heavy atom. The van der Waals surface area contributed by atoms with Gasteiger partial charge in [0.05, 0.1) is 0 Å². The summed E-state index contributed by atoms with van der Waals surface area (Å²) in [6.45, 7) is 0. The molecule has 0 saturated heterocycles. The molecular weight excluding hydrogens is 520 g/mol. The van der Waals surface area contributed by atoms with E-state index in [4.69, 9.17) is 4.74 Å². The quantitative estimate of drug-likeness (QED) is 0.210. The summed E-state index contributed by atoms with van der Waals surface area (Å²) in [4.78, 5) is 0. The molecular formula is C42H26O. The fraction of sp³-hybridized carbons (Fsp3) is 0.0476. The minimum Gasteiger partial charge on any atom is -0.456 e. The van der Waals surface area contributed by atoms with Gasteiger partial charge in [0.1, 0.15) is 11.5 Å². The first-order chi connectivity index (χ1) is 21.3. The topological polar surface area (TPSA) is 9.23 Å². The van der Waals surface area contributed by atoms with E-state index in [0.29, 0.717) is 5.92 Å². The molecule has 0 amide bonds. The highest BCUT2D eigenvalue weighted by atomic mass is 16.5. The van der Waals surface area contributed by atoms with E-state index < -0.39 is 0 Å². The molecule has 2 aliphatic carbocycles. The highest BCUT2D eigenvalue weighted by Crippen LogP contribution is 2.54. The van der Waals surface area contributed by atoms with Gasteiger partial charge in [-0.1, -0.05) is 127 Å². The van der Waals surface area contributed by atoms with Gasteiger partial charge in [0.15, 0.2) is 0 Å². The molecule has 2 unspecified atom stereocenters. The van der Waals surface area contributed by atoms with Crippen LogP contribution < -0.4 is 15.2 Å². The number of benzene rings is 7. The third-order valence-corrected chi connectivity index (χ3v) is 9.83. The van der Waals surface area contributed by atoms with Gasteiger partial charge < -0.3 is 4.74 Å². The molecule has 2 atom stereocenters. The van der Waals surface area contributed by atoms with Gasteiger partial charge in [0, 0.05) is 22.8 Å². The summed E-state index contributed by atoms with van der Waals surface area (Å²) in [5, 5.41) is 7.84. The Hall–Kier alpha value is -5.40. The maximum Gasteiger partial charge on any atom is 0.135 e. The standard InChI is InChI=1S/C42H26O/c1-2-14-30-27(9-1)24-36-34-16-6-10-25-11-7-19-35(39(25)34)42(36)40(30)28-13-5-12-26(23-28)29-21-22-38-41-32(29)17-8-18-33(41)31-15-3-4-20-37(31)43-38/h1-24,36,42H. The molecule has 0 fully saturated rings. The third kappa shape index (κ3) is 3.17. The average Bonchev–Trinajstić information content (AvgIpc) is 3.38. The molecule has 1 nitrogen and oxygen atoms in total. The van der Waals surface area contributed by atoms with Crippen LogP contribution >= 0.6 is 0 Å². The third-order valence-electron chi connectivity index (χ3n) is 9.83. The van der Waals surface area contributed by atoms with E-state index >= 15 is 0 Å². The second kappa shape index (κ2) is 8.56. The van der Waals surface area contributed by atoms with Crippen LogP contribution in [0.5, 0.6) is 11.5 Å². The van der Waals surface area contributed by atoms with Crippen molar-refractivity contribution in [2.75, 3.05) is 0 Å². The van der Waals surface area contributed by atoms with Crippen molar-refractivity contribution in [1.29, 1.82) is 0 Å². The van der Waals surface area contributed by atoms with E-state index in [0.717, 1.165) is 17.1 Å². The lowest BCUT2D eigenvalue weighted by Crippen LogP contribution is -2.34. The largest absolute Gasteiger partial charge is 0.456 e. The van der Waals surface area contributed by atoms with E-state index in [-0.39, 0.29) is 5.92 Å². The molecule has 200 valence electrons. The minimum absolute atomic E-state index is 0.285. The molecule has 7 aromatic rings. The Morgan fingerprint density at radius 1 is 0.488 bits per heavy atom. The summed E-state index contributed by atoms with van der Waals surface area (Å²) in [5.41, 5.74) is 10.5. The first-order valence-corrected chi connectivity index (χ1v) is 15.1. The van der Waals surface area contributed by atoms with Gasteiger partial charge in [0.25, 0.3) is 0 Å². The number of ether oxygens (including phenoxy) is 1. The second-order valence-corrected chi connectivity index (χ2v) is 12.0. The Labute approximate surface area is 249 Å². The van der Waals surface area contributed by atoms with E-state index in [9.17, 15) is 0 Å². The lowest BCUT2D eigenvalue weighted by Gasteiger charge is -2.27. The van der Waals surface area contributed by atoms with Crippen molar-refractivity contribution in [3.8, 4) is 33.8 Å². The first-order valence-electron chi connectivity index (χ1n) is 15.1. The van der Waals surface area contributed by atoms with Gasteiger partial charge >= 0.3 is 0 Å². The number of para-hydroxylation sites is 1. The van der Waals surface area contributed by atoms with E-state index in [1.54, 1.807) is 0 Å². The molecule has 0 aromatic heterocycles. The Bertz CT molecular complexity index is 2440. The Kier molecular flexibility index (Phi) is 4.62. The van der Waals surface area contributed by atoms with Crippen molar-refractivity contribution in [2.24, 2.45) is 0 Å². The molecule has 0 saturated carbocycles. The predicted molar refractivity (Wildman–Crippen MR) is 177 cm³/mol. The molecule has 0 spiro atoms. The summed E-state index contributed by atoms with van der Waals surface area (Å²) < 4.78 is 6.40. The fourth-order valence-electron chi connectivity index (χ4n) is 8.10. The lowest BCUT2D eigenvalue weighted by atomic mass is 9.76. The van der Waals surface area contributed by atoms with Crippen LogP contribution in [0.25, 0.3) is 55.4 Å². The van der Waals surface area contributed by atoms with E-state index in [1.165, 1.54) is 70.9 Å².